The van der Waals surface area contributed by atoms with E-state index in [0.29, 0.717) is 12.8 Å². The predicted molar refractivity (Wildman–Crippen MR) is 70.2 cm³/mol. The second-order valence-electron chi connectivity index (χ2n) is 4.65. The normalized spacial score (nSPS) is 12.1. The first kappa shape index (κ1) is 16.3. The summed E-state index contributed by atoms with van der Waals surface area (Å²) in [4.78, 5) is 0. The number of benzene rings is 1. The third-order valence-corrected chi connectivity index (χ3v) is 3.38. The minimum Gasteiger partial charge on any atom is -0.388 e. The van der Waals surface area contributed by atoms with Crippen molar-refractivity contribution < 1.29 is 18.3 Å². The molecular formula is C14H17F3N2O. The highest BCUT2D eigenvalue weighted by Crippen LogP contribution is 2.33. The summed E-state index contributed by atoms with van der Waals surface area (Å²) in [6, 6.07) is 4.95. The average molecular weight is 286 g/mol. The van der Waals surface area contributed by atoms with Gasteiger partial charge in [-0.25, -0.2) is 0 Å². The molecule has 0 aliphatic rings. The van der Waals surface area contributed by atoms with Crippen molar-refractivity contribution >= 4 is 5.69 Å². The molecule has 2 N–H and O–H groups in total. The van der Waals surface area contributed by atoms with Gasteiger partial charge in [0, 0.05) is 12.2 Å². The molecule has 0 radical (unpaired) electrons. The van der Waals surface area contributed by atoms with Crippen molar-refractivity contribution in [3.8, 4) is 6.07 Å². The molecular weight excluding hydrogens is 269 g/mol. The lowest BCUT2D eigenvalue weighted by Gasteiger charge is -2.26. The Morgan fingerprint density at radius 2 is 1.85 bits per heavy atom. The van der Waals surface area contributed by atoms with Crippen molar-refractivity contribution in [3.05, 3.63) is 29.3 Å². The highest BCUT2D eigenvalue weighted by Gasteiger charge is 2.34. The van der Waals surface area contributed by atoms with E-state index in [4.69, 9.17) is 5.26 Å². The van der Waals surface area contributed by atoms with Gasteiger partial charge in [0.25, 0.3) is 0 Å². The van der Waals surface area contributed by atoms with Crippen molar-refractivity contribution in [2.75, 3.05) is 11.9 Å². The Morgan fingerprint density at radius 1 is 1.25 bits per heavy atom. The summed E-state index contributed by atoms with van der Waals surface area (Å²) >= 11 is 0. The number of nitriles is 1. The van der Waals surface area contributed by atoms with Crippen LogP contribution in [0, 0.1) is 11.3 Å². The van der Waals surface area contributed by atoms with E-state index < -0.39 is 22.9 Å². The Balaban J connectivity index is 2.97. The van der Waals surface area contributed by atoms with Crippen LogP contribution in [0.25, 0.3) is 0 Å². The summed E-state index contributed by atoms with van der Waals surface area (Å²) in [6.45, 7) is 3.78. The first-order valence-electron chi connectivity index (χ1n) is 6.33. The molecule has 0 unspecified atom stereocenters. The topological polar surface area (TPSA) is 56.0 Å². The van der Waals surface area contributed by atoms with Crippen LogP contribution < -0.4 is 5.32 Å². The molecule has 0 aliphatic carbocycles. The molecule has 0 bridgehead atoms. The van der Waals surface area contributed by atoms with Gasteiger partial charge < -0.3 is 10.4 Å². The van der Waals surface area contributed by atoms with E-state index in [0.717, 1.165) is 12.1 Å². The molecule has 0 saturated carbocycles. The molecule has 1 aromatic carbocycles. The monoisotopic (exact) mass is 286 g/mol. The highest BCUT2D eigenvalue weighted by molar-refractivity contribution is 5.53. The van der Waals surface area contributed by atoms with Crippen LogP contribution >= 0.6 is 0 Å². The standard InChI is InChI=1S/C14H17F3N2O/c1-3-13(20,4-2)9-19-11-6-5-10(8-18)12(7-11)14(15,16)17/h5-7,19-20H,3-4,9H2,1-2H3. The molecule has 0 aliphatic heterocycles. The highest BCUT2D eigenvalue weighted by atomic mass is 19.4. The van der Waals surface area contributed by atoms with Gasteiger partial charge in [0.15, 0.2) is 0 Å². The van der Waals surface area contributed by atoms with E-state index in [1.54, 1.807) is 0 Å². The van der Waals surface area contributed by atoms with Gasteiger partial charge in [-0.2, -0.15) is 18.4 Å². The van der Waals surface area contributed by atoms with Gasteiger partial charge in [0.1, 0.15) is 0 Å². The van der Waals surface area contributed by atoms with E-state index in [9.17, 15) is 18.3 Å². The summed E-state index contributed by atoms with van der Waals surface area (Å²) in [6.07, 6.45) is -3.58. The fourth-order valence-electron chi connectivity index (χ4n) is 1.75. The summed E-state index contributed by atoms with van der Waals surface area (Å²) in [7, 11) is 0. The number of hydrogen-bond acceptors (Lipinski definition) is 3. The number of nitrogens with one attached hydrogen (secondary N) is 1. The molecule has 6 heteroatoms. The lowest BCUT2D eigenvalue weighted by molar-refractivity contribution is -0.137. The van der Waals surface area contributed by atoms with E-state index >= 15 is 0 Å². The minimum absolute atomic E-state index is 0.156. The number of hydrogen-bond donors (Lipinski definition) is 2. The van der Waals surface area contributed by atoms with Gasteiger partial charge in [-0.1, -0.05) is 13.8 Å². The molecule has 0 aromatic heterocycles. The number of anilines is 1. The van der Waals surface area contributed by atoms with Crippen LogP contribution in [0.5, 0.6) is 0 Å². The number of aliphatic hydroxyl groups is 1. The molecule has 110 valence electrons. The van der Waals surface area contributed by atoms with Crippen molar-refractivity contribution in [2.45, 2.75) is 38.5 Å². The average Bonchev–Trinajstić information content (AvgIpc) is 2.43. The van der Waals surface area contributed by atoms with E-state index in [1.165, 1.54) is 12.1 Å². The summed E-state index contributed by atoms with van der Waals surface area (Å²) in [5.41, 5.74) is -2.10. The maximum Gasteiger partial charge on any atom is 0.417 e. The second-order valence-corrected chi connectivity index (χ2v) is 4.65. The van der Waals surface area contributed by atoms with Crippen LogP contribution in [0.1, 0.15) is 37.8 Å². The first-order chi connectivity index (χ1) is 9.25. The van der Waals surface area contributed by atoms with Gasteiger partial charge in [-0.05, 0) is 31.0 Å². The van der Waals surface area contributed by atoms with E-state index in [2.05, 4.69) is 5.32 Å². The van der Waals surface area contributed by atoms with Crippen molar-refractivity contribution in [1.82, 2.24) is 0 Å². The number of rotatable bonds is 5. The molecule has 1 aromatic rings. The molecule has 3 nitrogen and oxygen atoms in total. The van der Waals surface area contributed by atoms with E-state index in [1.807, 2.05) is 13.8 Å². The van der Waals surface area contributed by atoms with Gasteiger partial charge in [-0.15, -0.1) is 0 Å². The number of alkyl halides is 3. The fraction of sp³-hybridized carbons (Fsp3) is 0.500. The third-order valence-electron chi connectivity index (χ3n) is 3.38. The Kier molecular flexibility index (Phi) is 5.01. The number of nitrogens with zero attached hydrogens (tertiary/aromatic N) is 1. The maximum absolute atomic E-state index is 12.8. The van der Waals surface area contributed by atoms with Crippen LogP contribution in [-0.2, 0) is 6.18 Å². The zero-order chi connectivity index (χ0) is 15.4. The molecule has 20 heavy (non-hydrogen) atoms. The van der Waals surface area contributed by atoms with Crippen LogP contribution in [-0.4, -0.2) is 17.3 Å². The summed E-state index contributed by atoms with van der Waals surface area (Å²) in [5, 5.41) is 21.6. The van der Waals surface area contributed by atoms with Crippen molar-refractivity contribution in [3.63, 3.8) is 0 Å². The minimum atomic E-state index is -4.57. The molecule has 0 fully saturated rings. The summed E-state index contributed by atoms with van der Waals surface area (Å²) in [5.74, 6) is 0. The molecule has 0 atom stereocenters. The lowest BCUT2D eigenvalue weighted by atomic mass is 9.97. The molecule has 1 rings (SSSR count). The van der Waals surface area contributed by atoms with Gasteiger partial charge in [0.2, 0.25) is 0 Å². The fourth-order valence-corrected chi connectivity index (χ4v) is 1.75. The van der Waals surface area contributed by atoms with E-state index in [-0.39, 0.29) is 12.2 Å². The first-order valence-corrected chi connectivity index (χ1v) is 6.33. The zero-order valence-electron chi connectivity index (χ0n) is 11.4. The molecule has 0 heterocycles. The molecule has 0 amide bonds. The quantitative estimate of drug-likeness (QED) is 0.870. The second kappa shape index (κ2) is 6.14. The molecule has 0 saturated heterocycles. The Morgan fingerprint density at radius 3 is 2.30 bits per heavy atom. The largest absolute Gasteiger partial charge is 0.417 e. The number of halogens is 3. The Bertz CT molecular complexity index is 502. The molecule has 0 spiro atoms. The van der Waals surface area contributed by atoms with Gasteiger partial charge in [0.05, 0.1) is 22.8 Å². The predicted octanol–water partition coefficient (Wildman–Crippen LogP) is 3.54. The zero-order valence-corrected chi connectivity index (χ0v) is 11.4. The summed E-state index contributed by atoms with van der Waals surface area (Å²) < 4.78 is 38.4. The Hall–Kier alpha value is -1.74. The maximum atomic E-state index is 12.8. The lowest BCUT2D eigenvalue weighted by Crippen LogP contribution is -2.35. The Labute approximate surface area is 116 Å². The van der Waals surface area contributed by atoms with Crippen LogP contribution in [0.4, 0.5) is 18.9 Å². The van der Waals surface area contributed by atoms with Crippen LogP contribution in [0.3, 0.4) is 0 Å². The van der Waals surface area contributed by atoms with Crippen LogP contribution in [0.15, 0.2) is 18.2 Å². The van der Waals surface area contributed by atoms with Crippen molar-refractivity contribution in [2.24, 2.45) is 0 Å². The smallest absolute Gasteiger partial charge is 0.388 e. The SMILES string of the molecule is CCC(O)(CC)CNc1ccc(C#N)c(C(F)(F)F)c1. The third kappa shape index (κ3) is 3.87. The van der Waals surface area contributed by atoms with Gasteiger partial charge >= 0.3 is 6.18 Å². The van der Waals surface area contributed by atoms with Crippen LogP contribution in [0.2, 0.25) is 0 Å². The van der Waals surface area contributed by atoms with Crippen molar-refractivity contribution in [1.29, 1.82) is 5.26 Å². The van der Waals surface area contributed by atoms with Gasteiger partial charge in [-0.3, -0.25) is 0 Å².